The Bertz CT molecular complexity index is 686. The summed E-state index contributed by atoms with van der Waals surface area (Å²) in [6.07, 6.45) is 9.64. The van der Waals surface area contributed by atoms with E-state index in [2.05, 4.69) is 5.29 Å². The second-order valence-corrected chi connectivity index (χ2v) is 5.07. The maximum atomic E-state index is 13.3. The molecule has 0 spiro atoms. The van der Waals surface area contributed by atoms with Gasteiger partial charge in [0, 0.05) is 31.2 Å². The summed E-state index contributed by atoms with van der Waals surface area (Å²) in [4.78, 5) is 15.1. The van der Waals surface area contributed by atoms with Crippen LogP contribution in [0.2, 0.25) is 0 Å². The first-order valence-corrected chi connectivity index (χ1v) is 6.72. The zero-order valence-corrected chi connectivity index (χ0v) is 11.9. The number of allylic oxidation sites excluding steroid dienone is 2. The predicted molar refractivity (Wildman–Crippen MR) is 79.3 cm³/mol. The molecule has 0 aliphatic carbocycles. The number of nitroso groups, excluding NO2 is 1. The van der Waals surface area contributed by atoms with E-state index in [0.717, 1.165) is 22.8 Å². The van der Waals surface area contributed by atoms with Gasteiger partial charge < -0.3 is 9.80 Å². The molecule has 0 amide bonds. The molecular formula is C15H14F2N4O. The predicted octanol–water partition coefficient (Wildman–Crippen LogP) is 2.95. The largest absolute Gasteiger partial charge is 0.356 e. The van der Waals surface area contributed by atoms with Crippen molar-refractivity contribution in [3.05, 3.63) is 71.1 Å². The van der Waals surface area contributed by atoms with E-state index in [9.17, 15) is 13.7 Å². The highest BCUT2D eigenvalue weighted by atomic mass is 19.2. The summed E-state index contributed by atoms with van der Waals surface area (Å²) >= 11 is 0. The van der Waals surface area contributed by atoms with Crippen LogP contribution >= 0.6 is 0 Å². The Balaban J connectivity index is 1.82. The fourth-order valence-electron chi connectivity index (χ4n) is 2.50. The molecular weight excluding hydrogens is 290 g/mol. The summed E-state index contributed by atoms with van der Waals surface area (Å²) in [6, 6.07) is 3.26. The van der Waals surface area contributed by atoms with Crippen LogP contribution in [-0.4, -0.2) is 29.6 Å². The van der Waals surface area contributed by atoms with E-state index in [0.29, 0.717) is 0 Å². The Morgan fingerprint density at radius 1 is 1.27 bits per heavy atom. The maximum absolute atomic E-state index is 13.3. The molecule has 5 nitrogen and oxygen atoms in total. The van der Waals surface area contributed by atoms with Crippen LogP contribution in [0.15, 0.2) is 59.8 Å². The molecule has 0 saturated heterocycles. The lowest BCUT2D eigenvalue weighted by Gasteiger charge is -2.33. The highest BCUT2D eigenvalue weighted by molar-refractivity contribution is 5.47. The van der Waals surface area contributed by atoms with Crippen molar-refractivity contribution in [2.45, 2.75) is 6.17 Å². The van der Waals surface area contributed by atoms with Crippen molar-refractivity contribution in [3.8, 4) is 0 Å². The molecule has 0 saturated carbocycles. The van der Waals surface area contributed by atoms with Crippen molar-refractivity contribution >= 4 is 5.69 Å². The number of anilines is 1. The van der Waals surface area contributed by atoms with E-state index in [-0.39, 0.29) is 18.4 Å². The lowest BCUT2D eigenvalue weighted by Crippen LogP contribution is -2.38. The molecule has 22 heavy (non-hydrogen) atoms. The molecule has 3 rings (SSSR count). The van der Waals surface area contributed by atoms with E-state index in [1.807, 2.05) is 47.5 Å². The molecule has 1 atom stereocenters. The zero-order chi connectivity index (χ0) is 15.7. The van der Waals surface area contributed by atoms with Gasteiger partial charge in [0.1, 0.15) is 6.17 Å². The maximum Gasteiger partial charge on any atom is 0.160 e. The summed E-state index contributed by atoms with van der Waals surface area (Å²) in [6.45, 7) is 0.160. The van der Waals surface area contributed by atoms with Gasteiger partial charge in [0.05, 0.1) is 17.5 Å². The van der Waals surface area contributed by atoms with Crippen molar-refractivity contribution in [1.82, 2.24) is 9.80 Å². The molecule has 1 unspecified atom stereocenters. The molecule has 0 aromatic heterocycles. The van der Waals surface area contributed by atoms with Gasteiger partial charge in [-0.2, -0.15) is 0 Å². The molecule has 0 bridgehead atoms. The number of hydrogen-bond acceptors (Lipinski definition) is 4. The van der Waals surface area contributed by atoms with Crippen LogP contribution in [0.3, 0.4) is 0 Å². The molecule has 1 aromatic rings. The van der Waals surface area contributed by atoms with Crippen molar-refractivity contribution in [2.24, 2.45) is 5.29 Å². The van der Waals surface area contributed by atoms with Gasteiger partial charge in [0.2, 0.25) is 0 Å². The van der Waals surface area contributed by atoms with Crippen LogP contribution in [0.5, 0.6) is 0 Å². The third-order valence-corrected chi connectivity index (χ3v) is 3.68. The van der Waals surface area contributed by atoms with Crippen molar-refractivity contribution < 1.29 is 8.78 Å². The van der Waals surface area contributed by atoms with Crippen LogP contribution < -0.4 is 5.01 Å². The number of benzene rings is 1. The number of fused-ring (bicyclic) bond motifs is 1. The van der Waals surface area contributed by atoms with Crippen LogP contribution in [0.1, 0.15) is 0 Å². The van der Waals surface area contributed by atoms with Gasteiger partial charge >= 0.3 is 0 Å². The van der Waals surface area contributed by atoms with Crippen LogP contribution in [0, 0.1) is 16.5 Å². The quantitative estimate of drug-likeness (QED) is 0.633. The normalized spacial score (nSPS) is 19.2. The first-order valence-electron chi connectivity index (χ1n) is 6.72. The topological polar surface area (TPSA) is 39.1 Å². The first kappa shape index (κ1) is 14.2. The first-order chi connectivity index (χ1) is 10.6. The van der Waals surface area contributed by atoms with Gasteiger partial charge in [-0.05, 0) is 24.3 Å². The molecule has 2 heterocycles. The average Bonchev–Trinajstić information content (AvgIpc) is 2.90. The van der Waals surface area contributed by atoms with E-state index >= 15 is 0 Å². The third kappa shape index (κ3) is 2.45. The monoisotopic (exact) mass is 304 g/mol. The van der Waals surface area contributed by atoms with Crippen molar-refractivity contribution in [1.29, 1.82) is 0 Å². The second kappa shape index (κ2) is 5.59. The molecule has 0 radical (unpaired) electrons. The van der Waals surface area contributed by atoms with Crippen LogP contribution in [-0.2, 0) is 0 Å². The molecule has 0 fully saturated rings. The number of rotatable bonds is 4. The number of halogens is 2. The number of hydrogen-bond donors (Lipinski definition) is 0. The van der Waals surface area contributed by atoms with Gasteiger partial charge in [-0.25, -0.2) is 13.8 Å². The molecule has 2 aliphatic heterocycles. The summed E-state index contributed by atoms with van der Waals surface area (Å²) in [5.74, 6) is -1.97. The van der Waals surface area contributed by atoms with Gasteiger partial charge in [-0.1, -0.05) is 6.08 Å². The summed E-state index contributed by atoms with van der Waals surface area (Å²) < 4.78 is 26.3. The summed E-state index contributed by atoms with van der Waals surface area (Å²) in [7, 11) is 1.94. The highest BCUT2D eigenvalue weighted by Gasteiger charge is 2.27. The fraction of sp³-hybridized carbons (Fsp3) is 0.200. The molecule has 0 N–H and O–H groups in total. The fourth-order valence-corrected chi connectivity index (χ4v) is 2.50. The smallest absolute Gasteiger partial charge is 0.160 e. The SMILES string of the molecule is CN1C=CN2C(CN(N=O)c3ccc(F)c(F)c3)=CC=CC12. The molecule has 2 aliphatic rings. The lowest BCUT2D eigenvalue weighted by atomic mass is 10.2. The third-order valence-electron chi connectivity index (χ3n) is 3.68. The van der Waals surface area contributed by atoms with Gasteiger partial charge in [-0.3, -0.25) is 0 Å². The minimum absolute atomic E-state index is 0.0541. The number of nitrogens with zero attached hydrogens (tertiary/aromatic N) is 4. The molecule has 7 heteroatoms. The summed E-state index contributed by atoms with van der Waals surface area (Å²) in [5.41, 5.74) is 1.04. The van der Waals surface area contributed by atoms with E-state index in [1.165, 1.54) is 6.07 Å². The van der Waals surface area contributed by atoms with E-state index < -0.39 is 11.6 Å². The second-order valence-electron chi connectivity index (χ2n) is 5.07. The average molecular weight is 304 g/mol. The lowest BCUT2D eigenvalue weighted by molar-refractivity contribution is 0.257. The van der Waals surface area contributed by atoms with E-state index in [4.69, 9.17) is 0 Å². The number of likely N-dealkylation sites (N-methyl/N-ethyl adjacent to an activating group) is 1. The molecule has 114 valence electrons. The Morgan fingerprint density at radius 3 is 2.82 bits per heavy atom. The summed E-state index contributed by atoms with van der Waals surface area (Å²) in [5, 5.41) is 4.02. The van der Waals surface area contributed by atoms with Crippen molar-refractivity contribution in [3.63, 3.8) is 0 Å². The minimum Gasteiger partial charge on any atom is -0.356 e. The van der Waals surface area contributed by atoms with Gasteiger partial charge in [-0.15, -0.1) is 4.91 Å². The van der Waals surface area contributed by atoms with Crippen LogP contribution in [0.25, 0.3) is 0 Å². The Labute approximate surface area is 126 Å². The standard InChI is InChI=1S/C15H14F2N4O/c1-19-7-8-20-12(3-2-4-15(19)20)10-21(18-22)11-5-6-13(16)14(17)9-11/h2-9,15H,10H2,1H3. The van der Waals surface area contributed by atoms with E-state index in [1.54, 1.807) is 0 Å². The zero-order valence-electron chi connectivity index (χ0n) is 11.9. The van der Waals surface area contributed by atoms with Crippen LogP contribution in [0.4, 0.5) is 14.5 Å². The van der Waals surface area contributed by atoms with Gasteiger partial charge in [0.25, 0.3) is 0 Å². The Kier molecular flexibility index (Phi) is 3.62. The van der Waals surface area contributed by atoms with Crippen molar-refractivity contribution in [2.75, 3.05) is 18.6 Å². The molecule has 1 aromatic carbocycles. The van der Waals surface area contributed by atoms with Gasteiger partial charge in [0.15, 0.2) is 11.6 Å². The Morgan fingerprint density at radius 2 is 2.09 bits per heavy atom. The Hall–Kier alpha value is -2.70. The highest BCUT2D eigenvalue weighted by Crippen LogP contribution is 2.27. The minimum atomic E-state index is -1.01.